The number of fused-ring (bicyclic) bond motifs is 1. The van der Waals surface area contributed by atoms with Crippen LogP contribution in [-0.2, 0) is 13.0 Å². The summed E-state index contributed by atoms with van der Waals surface area (Å²) in [5, 5.41) is 7.82. The zero-order valence-electron chi connectivity index (χ0n) is 9.30. The molecule has 1 aliphatic rings. The van der Waals surface area contributed by atoms with Gasteiger partial charge in [-0.3, -0.25) is 0 Å². The standard InChI is InChI=1S/C12H13N3.2ClH/c1-2-4-11(5-3-1)15-12-9-13-7-6-10(12)8-14-15;;/h1-5,8,13H,6-7,9H2;2*1H. The Morgan fingerprint density at radius 1 is 1.12 bits per heavy atom. The Kier molecular flexibility index (Phi) is 5.00. The van der Waals surface area contributed by atoms with Crippen molar-refractivity contribution in [3.05, 3.63) is 47.8 Å². The monoisotopic (exact) mass is 271 g/mol. The minimum atomic E-state index is 0. The molecular formula is C12H15Cl2N3. The number of nitrogens with one attached hydrogen (secondary N) is 1. The molecule has 1 N–H and O–H groups in total. The van der Waals surface area contributed by atoms with Crippen LogP contribution in [0.15, 0.2) is 36.5 Å². The molecular weight excluding hydrogens is 257 g/mol. The molecule has 0 amide bonds. The molecule has 2 heterocycles. The van der Waals surface area contributed by atoms with Crippen LogP contribution < -0.4 is 5.32 Å². The highest BCUT2D eigenvalue weighted by Crippen LogP contribution is 2.17. The number of hydrogen-bond donors (Lipinski definition) is 1. The summed E-state index contributed by atoms with van der Waals surface area (Å²) in [6.07, 6.45) is 3.07. The lowest BCUT2D eigenvalue weighted by Gasteiger charge is -2.15. The van der Waals surface area contributed by atoms with Gasteiger partial charge >= 0.3 is 0 Å². The Labute approximate surface area is 113 Å². The molecule has 0 saturated heterocycles. The van der Waals surface area contributed by atoms with Crippen LogP contribution in [0.25, 0.3) is 5.69 Å². The number of para-hydroxylation sites is 1. The molecule has 1 aromatic heterocycles. The molecule has 1 aliphatic heterocycles. The predicted octanol–water partition coefficient (Wildman–Crippen LogP) is 2.36. The van der Waals surface area contributed by atoms with Crippen molar-refractivity contribution in [1.82, 2.24) is 15.1 Å². The molecule has 0 bridgehead atoms. The Bertz CT molecular complexity index is 468. The van der Waals surface area contributed by atoms with E-state index in [0.717, 1.165) is 25.2 Å². The Morgan fingerprint density at radius 3 is 2.65 bits per heavy atom. The smallest absolute Gasteiger partial charge is 0.0649 e. The van der Waals surface area contributed by atoms with Crippen molar-refractivity contribution in [2.75, 3.05) is 6.54 Å². The van der Waals surface area contributed by atoms with Gasteiger partial charge in [-0.1, -0.05) is 18.2 Å². The van der Waals surface area contributed by atoms with Crippen molar-refractivity contribution in [2.24, 2.45) is 0 Å². The van der Waals surface area contributed by atoms with E-state index in [9.17, 15) is 0 Å². The average molecular weight is 272 g/mol. The van der Waals surface area contributed by atoms with E-state index in [2.05, 4.69) is 22.5 Å². The molecule has 17 heavy (non-hydrogen) atoms. The van der Waals surface area contributed by atoms with Gasteiger partial charge in [0.2, 0.25) is 0 Å². The van der Waals surface area contributed by atoms with E-state index in [1.54, 1.807) is 0 Å². The Balaban J connectivity index is 0.000000722. The van der Waals surface area contributed by atoms with Crippen LogP contribution in [-0.4, -0.2) is 16.3 Å². The van der Waals surface area contributed by atoms with E-state index >= 15 is 0 Å². The van der Waals surface area contributed by atoms with Crippen LogP contribution in [0.2, 0.25) is 0 Å². The second-order valence-electron chi connectivity index (χ2n) is 3.79. The highest BCUT2D eigenvalue weighted by Gasteiger charge is 2.14. The van der Waals surface area contributed by atoms with Gasteiger partial charge in [0.15, 0.2) is 0 Å². The first-order chi connectivity index (χ1) is 7.45. The van der Waals surface area contributed by atoms with Crippen LogP contribution in [0.5, 0.6) is 0 Å². The fraction of sp³-hybridized carbons (Fsp3) is 0.250. The van der Waals surface area contributed by atoms with E-state index in [0.29, 0.717) is 0 Å². The van der Waals surface area contributed by atoms with Gasteiger partial charge in [0, 0.05) is 6.54 Å². The van der Waals surface area contributed by atoms with E-state index < -0.39 is 0 Å². The highest BCUT2D eigenvalue weighted by molar-refractivity contribution is 5.85. The maximum atomic E-state index is 4.44. The summed E-state index contributed by atoms with van der Waals surface area (Å²) >= 11 is 0. The summed E-state index contributed by atoms with van der Waals surface area (Å²) in [5.41, 5.74) is 3.81. The first-order valence-electron chi connectivity index (χ1n) is 5.27. The molecule has 3 nitrogen and oxygen atoms in total. The zero-order chi connectivity index (χ0) is 10.1. The van der Waals surface area contributed by atoms with Crippen molar-refractivity contribution in [2.45, 2.75) is 13.0 Å². The third kappa shape index (κ3) is 2.63. The Hall–Kier alpha value is -1.03. The van der Waals surface area contributed by atoms with Crippen molar-refractivity contribution in [1.29, 1.82) is 0 Å². The summed E-state index contributed by atoms with van der Waals surface area (Å²) in [4.78, 5) is 0. The van der Waals surface area contributed by atoms with E-state index in [4.69, 9.17) is 0 Å². The van der Waals surface area contributed by atoms with Crippen LogP contribution in [0, 0.1) is 0 Å². The lowest BCUT2D eigenvalue weighted by molar-refractivity contribution is 0.614. The Morgan fingerprint density at radius 2 is 1.88 bits per heavy atom. The molecule has 0 atom stereocenters. The third-order valence-corrected chi connectivity index (χ3v) is 2.82. The molecule has 3 rings (SSSR count). The zero-order valence-corrected chi connectivity index (χ0v) is 10.9. The molecule has 2 aromatic rings. The fourth-order valence-electron chi connectivity index (χ4n) is 2.03. The number of rotatable bonds is 1. The molecule has 92 valence electrons. The predicted molar refractivity (Wildman–Crippen MR) is 73.5 cm³/mol. The van der Waals surface area contributed by atoms with Gasteiger partial charge in [0.05, 0.1) is 17.6 Å². The van der Waals surface area contributed by atoms with Gasteiger partial charge in [-0.05, 0) is 30.7 Å². The average Bonchev–Trinajstić information content (AvgIpc) is 2.74. The minimum Gasteiger partial charge on any atom is -0.311 e. The summed E-state index contributed by atoms with van der Waals surface area (Å²) in [6.45, 7) is 1.98. The summed E-state index contributed by atoms with van der Waals surface area (Å²) < 4.78 is 2.03. The summed E-state index contributed by atoms with van der Waals surface area (Å²) in [5.74, 6) is 0. The second-order valence-corrected chi connectivity index (χ2v) is 3.79. The molecule has 0 saturated carbocycles. The maximum absolute atomic E-state index is 4.44. The first-order valence-corrected chi connectivity index (χ1v) is 5.27. The molecule has 0 aliphatic carbocycles. The van der Waals surface area contributed by atoms with Crippen molar-refractivity contribution >= 4 is 24.8 Å². The number of halogens is 2. The normalized spacial score (nSPS) is 13.2. The van der Waals surface area contributed by atoms with Crippen LogP contribution in [0.3, 0.4) is 0 Å². The van der Waals surface area contributed by atoms with Gasteiger partial charge in [0.1, 0.15) is 0 Å². The van der Waals surface area contributed by atoms with Gasteiger partial charge in [-0.25, -0.2) is 4.68 Å². The van der Waals surface area contributed by atoms with Crippen LogP contribution in [0.4, 0.5) is 0 Å². The largest absolute Gasteiger partial charge is 0.311 e. The van der Waals surface area contributed by atoms with E-state index in [-0.39, 0.29) is 24.8 Å². The number of benzene rings is 1. The minimum absolute atomic E-state index is 0. The van der Waals surface area contributed by atoms with Gasteiger partial charge in [0.25, 0.3) is 0 Å². The number of aromatic nitrogens is 2. The SMILES string of the molecule is Cl.Cl.c1ccc(-n2ncc3c2CNCC3)cc1. The van der Waals surface area contributed by atoms with Crippen LogP contribution >= 0.6 is 24.8 Å². The maximum Gasteiger partial charge on any atom is 0.0649 e. The molecule has 0 spiro atoms. The molecule has 0 fully saturated rings. The fourth-order valence-corrected chi connectivity index (χ4v) is 2.03. The van der Waals surface area contributed by atoms with Crippen molar-refractivity contribution in [3.63, 3.8) is 0 Å². The highest BCUT2D eigenvalue weighted by atomic mass is 35.5. The lowest BCUT2D eigenvalue weighted by Crippen LogP contribution is -2.24. The summed E-state index contributed by atoms with van der Waals surface area (Å²) in [6, 6.07) is 10.3. The number of hydrogen-bond acceptors (Lipinski definition) is 2. The van der Waals surface area contributed by atoms with E-state index in [1.807, 2.05) is 29.1 Å². The van der Waals surface area contributed by atoms with Crippen molar-refractivity contribution < 1.29 is 0 Å². The third-order valence-electron chi connectivity index (χ3n) is 2.82. The van der Waals surface area contributed by atoms with Gasteiger partial charge < -0.3 is 5.32 Å². The molecule has 1 aromatic carbocycles. The molecule has 0 unspecified atom stereocenters. The first kappa shape index (κ1) is 14.0. The summed E-state index contributed by atoms with van der Waals surface area (Å²) in [7, 11) is 0. The van der Waals surface area contributed by atoms with Crippen LogP contribution in [0.1, 0.15) is 11.3 Å². The van der Waals surface area contributed by atoms with Gasteiger partial charge in [-0.15, -0.1) is 24.8 Å². The number of nitrogens with zero attached hydrogens (tertiary/aromatic N) is 2. The quantitative estimate of drug-likeness (QED) is 0.863. The van der Waals surface area contributed by atoms with Crippen molar-refractivity contribution in [3.8, 4) is 5.69 Å². The van der Waals surface area contributed by atoms with Gasteiger partial charge in [-0.2, -0.15) is 5.10 Å². The topological polar surface area (TPSA) is 29.9 Å². The molecule has 5 heteroatoms. The molecule has 0 radical (unpaired) electrons. The second kappa shape index (κ2) is 6.05. The lowest BCUT2D eigenvalue weighted by atomic mass is 10.1. The van der Waals surface area contributed by atoms with E-state index in [1.165, 1.54) is 11.3 Å².